The molecule has 0 radical (unpaired) electrons. The van der Waals surface area contributed by atoms with Crippen LogP contribution in [0, 0.1) is 0 Å². The number of nitrogens with one attached hydrogen (secondary N) is 1. The Morgan fingerprint density at radius 3 is 2.05 bits per heavy atom. The molecule has 42 heavy (non-hydrogen) atoms. The van der Waals surface area contributed by atoms with Crippen molar-refractivity contribution in [1.82, 2.24) is 5.43 Å². The number of esters is 1. The monoisotopic (exact) mass is 568 g/mol. The number of carbonyl (C=O) groups excluding carboxylic acids is 2. The summed E-state index contributed by atoms with van der Waals surface area (Å²) in [5, 5.41) is 3.98. The number of hydrogen-bond acceptors (Lipinski definition) is 8. The molecule has 0 saturated heterocycles. The first kappa shape index (κ1) is 29.7. The average molecular weight is 569 g/mol. The summed E-state index contributed by atoms with van der Waals surface area (Å²) in [6.45, 7) is 4.86. The van der Waals surface area contributed by atoms with Gasteiger partial charge in [-0.15, -0.1) is 0 Å². The predicted octanol–water partition coefficient (Wildman–Crippen LogP) is 5.81. The third kappa shape index (κ3) is 9.12. The minimum atomic E-state index is -0.526. The summed E-state index contributed by atoms with van der Waals surface area (Å²) in [6.07, 6.45) is 1.46. The van der Waals surface area contributed by atoms with Crippen LogP contribution < -0.4 is 29.1 Å². The van der Waals surface area contributed by atoms with E-state index in [1.807, 2.05) is 44.2 Å². The van der Waals surface area contributed by atoms with E-state index >= 15 is 0 Å². The van der Waals surface area contributed by atoms with Crippen LogP contribution in [0.15, 0.2) is 102 Å². The molecule has 0 aromatic heterocycles. The summed E-state index contributed by atoms with van der Waals surface area (Å²) in [5.41, 5.74) is 4.51. The quantitative estimate of drug-likeness (QED) is 0.0886. The molecule has 0 fully saturated rings. The number of nitrogens with zero attached hydrogens (tertiary/aromatic N) is 1. The zero-order valence-electron chi connectivity index (χ0n) is 23.4. The van der Waals surface area contributed by atoms with E-state index in [-0.39, 0.29) is 12.4 Å². The van der Waals surface area contributed by atoms with E-state index in [2.05, 4.69) is 10.5 Å². The van der Waals surface area contributed by atoms with Crippen molar-refractivity contribution in [1.29, 1.82) is 0 Å². The van der Waals surface area contributed by atoms with E-state index in [0.717, 1.165) is 5.56 Å². The molecule has 0 heterocycles. The van der Waals surface area contributed by atoms with Gasteiger partial charge in [0.25, 0.3) is 5.91 Å². The highest BCUT2D eigenvalue weighted by Gasteiger charge is 2.13. The molecule has 1 amide bonds. The van der Waals surface area contributed by atoms with Crippen LogP contribution in [0.5, 0.6) is 28.7 Å². The molecule has 0 atom stereocenters. The highest BCUT2D eigenvalue weighted by Crippen LogP contribution is 2.29. The topological polar surface area (TPSA) is 105 Å². The third-order valence-corrected chi connectivity index (χ3v) is 5.72. The summed E-state index contributed by atoms with van der Waals surface area (Å²) < 4.78 is 27.9. The standard InChI is InChI=1S/C33H32N2O7/c1-3-38-27-13-11-26(12-14-27)33(37)42-30-19-10-25(20-31(30)39-4-2)21-34-35-32(36)23-41-29-17-15-28(16-18-29)40-22-24-8-6-5-7-9-24/h5-21H,3-4,22-23H2,1-2H3,(H,35,36). The van der Waals surface area contributed by atoms with Gasteiger partial charge in [-0.2, -0.15) is 5.10 Å². The maximum Gasteiger partial charge on any atom is 0.343 e. The van der Waals surface area contributed by atoms with Crippen LogP contribution in [-0.2, 0) is 11.4 Å². The van der Waals surface area contributed by atoms with Crippen molar-refractivity contribution in [2.45, 2.75) is 20.5 Å². The summed E-state index contributed by atoms with van der Waals surface area (Å²) in [6, 6.07) is 28.6. The molecular weight excluding hydrogens is 536 g/mol. The number of hydrogen-bond donors (Lipinski definition) is 1. The zero-order chi connectivity index (χ0) is 29.6. The van der Waals surface area contributed by atoms with E-state index in [1.54, 1.807) is 66.7 Å². The van der Waals surface area contributed by atoms with Crippen LogP contribution in [0.1, 0.15) is 35.3 Å². The van der Waals surface area contributed by atoms with E-state index in [0.29, 0.717) is 53.9 Å². The maximum absolute atomic E-state index is 12.6. The molecule has 0 aliphatic carbocycles. The van der Waals surface area contributed by atoms with Gasteiger partial charge in [-0.25, -0.2) is 10.2 Å². The molecule has 0 unspecified atom stereocenters. The summed E-state index contributed by atoms with van der Waals surface area (Å²) in [4.78, 5) is 24.8. The number of ether oxygens (including phenoxy) is 5. The van der Waals surface area contributed by atoms with Crippen molar-refractivity contribution < 1.29 is 33.3 Å². The molecular formula is C33H32N2O7. The lowest BCUT2D eigenvalue weighted by atomic mass is 10.2. The van der Waals surface area contributed by atoms with Gasteiger partial charge in [0.1, 0.15) is 23.9 Å². The molecule has 0 saturated carbocycles. The molecule has 1 N–H and O–H groups in total. The Morgan fingerprint density at radius 2 is 1.36 bits per heavy atom. The van der Waals surface area contributed by atoms with Gasteiger partial charge in [0, 0.05) is 0 Å². The Bertz CT molecular complexity index is 1470. The van der Waals surface area contributed by atoms with Crippen molar-refractivity contribution in [2.75, 3.05) is 19.8 Å². The van der Waals surface area contributed by atoms with Crippen LogP contribution >= 0.6 is 0 Å². The fraction of sp³-hybridized carbons (Fsp3) is 0.182. The molecule has 0 bridgehead atoms. The first-order valence-electron chi connectivity index (χ1n) is 13.5. The third-order valence-electron chi connectivity index (χ3n) is 5.72. The molecule has 9 heteroatoms. The van der Waals surface area contributed by atoms with E-state index in [9.17, 15) is 9.59 Å². The van der Waals surface area contributed by atoms with Crippen LogP contribution in [0.3, 0.4) is 0 Å². The second-order valence-electron chi connectivity index (χ2n) is 8.81. The number of hydrazone groups is 1. The van der Waals surface area contributed by atoms with Gasteiger partial charge in [0.05, 0.1) is 25.0 Å². The Labute approximate surface area is 244 Å². The van der Waals surface area contributed by atoms with Gasteiger partial charge in [-0.05, 0) is 91.7 Å². The highest BCUT2D eigenvalue weighted by molar-refractivity contribution is 5.92. The molecule has 9 nitrogen and oxygen atoms in total. The fourth-order valence-corrected chi connectivity index (χ4v) is 3.70. The lowest BCUT2D eigenvalue weighted by Gasteiger charge is -2.11. The first-order valence-corrected chi connectivity index (χ1v) is 13.5. The Morgan fingerprint density at radius 1 is 0.714 bits per heavy atom. The van der Waals surface area contributed by atoms with Gasteiger partial charge >= 0.3 is 5.97 Å². The number of amides is 1. The first-order chi connectivity index (χ1) is 20.5. The van der Waals surface area contributed by atoms with Crippen molar-refractivity contribution in [3.63, 3.8) is 0 Å². The average Bonchev–Trinajstić information content (AvgIpc) is 3.02. The molecule has 0 aliphatic rings. The number of rotatable bonds is 14. The van der Waals surface area contributed by atoms with Gasteiger partial charge in [-0.3, -0.25) is 4.79 Å². The van der Waals surface area contributed by atoms with Crippen molar-refractivity contribution in [3.8, 4) is 28.7 Å². The molecule has 4 aromatic rings. The van der Waals surface area contributed by atoms with Gasteiger partial charge in [0.15, 0.2) is 18.1 Å². The molecule has 0 spiro atoms. The Hall–Kier alpha value is -5.31. The Balaban J connectivity index is 1.25. The molecule has 4 rings (SSSR count). The molecule has 216 valence electrons. The lowest BCUT2D eigenvalue weighted by Crippen LogP contribution is -2.24. The van der Waals surface area contributed by atoms with Crippen molar-refractivity contribution >= 4 is 18.1 Å². The molecule has 4 aromatic carbocycles. The SMILES string of the molecule is CCOc1ccc(C(=O)Oc2ccc(C=NNC(=O)COc3ccc(OCc4ccccc4)cc3)cc2OCC)cc1. The van der Waals surface area contributed by atoms with Gasteiger partial charge in [-0.1, -0.05) is 30.3 Å². The zero-order valence-corrected chi connectivity index (χ0v) is 23.4. The summed E-state index contributed by atoms with van der Waals surface area (Å²) >= 11 is 0. The normalized spacial score (nSPS) is 10.6. The summed E-state index contributed by atoms with van der Waals surface area (Å²) in [5.74, 6) is 1.57. The van der Waals surface area contributed by atoms with E-state index in [1.165, 1.54) is 6.21 Å². The predicted molar refractivity (Wildman–Crippen MR) is 159 cm³/mol. The van der Waals surface area contributed by atoms with Crippen LogP contribution in [0.4, 0.5) is 0 Å². The van der Waals surface area contributed by atoms with Gasteiger partial charge in [0.2, 0.25) is 0 Å². The minimum absolute atomic E-state index is 0.216. The van der Waals surface area contributed by atoms with E-state index < -0.39 is 11.9 Å². The second kappa shape index (κ2) is 15.5. The Kier molecular flexibility index (Phi) is 10.9. The van der Waals surface area contributed by atoms with Crippen LogP contribution in [0.25, 0.3) is 0 Å². The van der Waals surface area contributed by atoms with Crippen LogP contribution in [-0.4, -0.2) is 37.9 Å². The fourth-order valence-electron chi connectivity index (χ4n) is 3.70. The van der Waals surface area contributed by atoms with Crippen molar-refractivity contribution in [2.24, 2.45) is 5.10 Å². The number of benzene rings is 4. The summed E-state index contributed by atoms with van der Waals surface area (Å²) in [7, 11) is 0. The smallest absolute Gasteiger partial charge is 0.343 e. The number of carbonyl (C=O) groups is 2. The maximum atomic E-state index is 12.6. The highest BCUT2D eigenvalue weighted by atomic mass is 16.6. The van der Waals surface area contributed by atoms with Crippen LogP contribution in [0.2, 0.25) is 0 Å². The van der Waals surface area contributed by atoms with Crippen molar-refractivity contribution in [3.05, 3.63) is 114 Å². The lowest BCUT2D eigenvalue weighted by molar-refractivity contribution is -0.123. The minimum Gasteiger partial charge on any atom is -0.494 e. The second-order valence-corrected chi connectivity index (χ2v) is 8.81. The van der Waals surface area contributed by atoms with E-state index in [4.69, 9.17) is 23.7 Å². The van der Waals surface area contributed by atoms with Gasteiger partial charge < -0.3 is 23.7 Å². The molecule has 0 aliphatic heterocycles. The largest absolute Gasteiger partial charge is 0.494 e.